The van der Waals surface area contributed by atoms with Gasteiger partial charge < -0.3 is 84.6 Å². The van der Waals surface area contributed by atoms with E-state index in [1.165, 1.54) is 6.92 Å². The Bertz CT molecular complexity index is 1730. The number of ether oxygens (including phenoxy) is 6. The molecule has 8 aliphatic rings. The molecule has 3 aliphatic heterocycles. The molecule has 0 aromatic rings. The van der Waals surface area contributed by atoms with Crippen LogP contribution < -0.4 is 0 Å². The molecule has 5 aliphatic carbocycles. The van der Waals surface area contributed by atoms with E-state index >= 15 is 0 Å². The van der Waals surface area contributed by atoms with Gasteiger partial charge in [0.25, 0.3) is 0 Å². The second-order valence-corrected chi connectivity index (χ2v) is 23.3. The molecule has 11 N–H and O–H groups in total. The number of hydrogen-bond donors (Lipinski definition) is 11. The predicted molar refractivity (Wildman–Crippen MR) is 230 cm³/mol. The van der Waals surface area contributed by atoms with Gasteiger partial charge in [0.15, 0.2) is 18.9 Å². The lowest BCUT2D eigenvalue weighted by atomic mass is 9.41. The van der Waals surface area contributed by atoms with Crippen molar-refractivity contribution in [3.63, 3.8) is 0 Å². The third-order valence-corrected chi connectivity index (χ3v) is 19.6. The molecule has 2 spiro atoms. The number of carbonyl (C=O) groups excluding carboxylic acids is 1. The van der Waals surface area contributed by atoms with Crippen molar-refractivity contribution in [2.75, 3.05) is 13.2 Å². The first kappa shape index (κ1) is 51.3. The highest BCUT2D eigenvalue weighted by atomic mass is 16.8. The van der Waals surface area contributed by atoms with E-state index in [2.05, 4.69) is 34.6 Å². The smallest absolute Gasteiger partial charge is 0.187 e. The largest absolute Gasteiger partial charge is 0.394 e. The number of hydrogen-bond acceptors (Lipinski definition) is 18. The Morgan fingerprint density at radius 1 is 0.652 bits per heavy atom. The van der Waals surface area contributed by atoms with Crippen molar-refractivity contribution in [2.45, 2.75) is 224 Å². The van der Waals surface area contributed by atoms with Crippen LogP contribution >= 0.6 is 0 Å². The summed E-state index contributed by atoms with van der Waals surface area (Å²) in [5, 5.41) is 121. The van der Waals surface area contributed by atoms with Gasteiger partial charge in [0.1, 0.15) is 72.9 Å². The van der Waals surface area contributed by atoms with E-state index in [4.69, 9.17) is 28.4 Å². The van der Waals surface area contributed by atoms with Gasteiger partial charge in [0, 0.05) is 17.8 Å². The Morgan fingerprint density at radius 3 is 1.88 bits per heavy atom. The zero-order valence-electron chi connectivity index (χ0n) is 39.8. The van der Waals surface area contributed by atoms with E-state index in [1.807, 2.05) is 13.8 Å². The predicted octanol–water partition coefficient (Wildman–Crippen LogP) is -0.130. The summed E-state index contributed by atoms with van der Waals surface area (Å²) >= 11 is 0. The van der Waals surface area contributed by atoms with Crippen LogP contribution in [-0.2, 0) is 33.2 Å². The molecule has 380 valence electrons. The van der Waals surface area contributed by atoms with Gasteiger partial charge >= 0.3 is 0 Å². The third-order valence-electron chi connectivity index (χ3n) is 19.6. The molecule has 18 nitrogen and oxygen atoms in total. The van der Waals surface area contributed by atoms with Crippen molar-refractivity contribution in [1.82, 2.24) is 0 Å². The minimum atomic E-state index is -1.84. The van der Waals surface area contributed by atoms with Crippen LogP contribution in [0.1, 0.15) is 113 Å². The van der Waals surface area contributed by atoms with E-state index in [1.54, 1.807) is 0 Å². The fourth-order valence-electron chi connectivity index (χ4n) is 15.8. The van der Waals surface area contributed by atoms with E-state index < -0.39 is 134 Å². The van der Waals surface area contributed by atoms with Crippen LogP contribution in [0.15, 0.2) is 0 Å². The third kappa shape index (κ3) is 7.73. The Balaban J connectivity index is 0.995. The molecule has 8 rings (SSSR count). The summed E-state index contributed by atoms with van der Waals surface area (Å²) in [7, 11) is 0. The van der Waals surface area contributed by atoms with E-state index in [9.17, 15) is 61.0 Å². The van der Waals surface area contributed by atoms with Gasteiger partial charge in [-0.15, -0.1) is 0 Å². The maximum atomic E-state index is 12.7. The number of fused-ring (bicyclic) bond motifs is 2. The highest BCUT2D eigenvalue weighted by Gasteiger charge is 2.84. The van der Waals surface area contributed by atoms with Crippen LogP contribution in [0.2, 0.25) is 0 Å². The van der Waals surface area contributed by atoms with Crippen LogP contribution in [0, 0.1) is 56.7 Å². The summed E-state index contributed by atoms with van der Waals surface area (Å²) in [6, 6.07) is 0. The van der Waals surface area contributed by atoms with Crippen molar-refractivity contribution in [2.24, 2.45) is 56.7 Å². The normalized spacial score (nSPS) is 54.8. The van der Waals surface area contributed by atoms with Crippen LogP contribution in [0.3, 0.4) is 0 Å². The van der Waals surface area contributed by atoms with Gasteiger partial charge in [-0.3, -0.25) is 4.79 Å². The standard InChI is InChI=1S/C48H80O18/c1-20(2)23(51)10-9-21(3)31-24(52)15-45(7)28-12-11-27-44(5,6)30(13-14-47(27)19-48(28,47)16-29(53)46(31,45)8)64-43-40(36(58)34(56)26(18-50)63-43)66-42-38(60)39(32(54)22(4)61-42)65-41-37(59)35(57)33(55)25(17-49)62-41/h20-22,24-43,49-50,52-60H,9-19H2,1-8H3/t21-,22+,24+,25-,26-,27+,28+,29?,30+,31+,32+,33-,34-,35+,36+,37-,38-,39-,40-,41+,42+,43+,45+,46-,47-,48+/m1/s1. The van der Waals surface area contributed by atoms with Crippen molar-refractivity contribution >= 4 is 5.78 Å². The summed E-state index contributed by atoms with van der Waals surface area (Å²) in [5.74, 6) is 0.542. The molecule has 26 atom stereocenters. The summed E-state index contributed by atoms with van der Waals surface area (Å²) in [6.45, 7) is 14.9. The monoisotopic (exact) mass is 945 g/mol. The van der Waals surface area contributed by atoms with Gasteiger partial charge in [-0.2, -0.15) is 0 Å². The molecule has 1 unspecified atom stereocenters. The first-order valence-electron chi connectivity index (χ1n) is 24.7. The fourth-order valence-corrected chi connectivity index (χ4v) is 15.8. The summed E-state index contributed by atoms with van der Waals surface area (Å²) in [6.07, 6.45) is -18.7. The number of rotatable bonds is 13. The Morgan fingerprint density at radius 2 is 1.24 bits per heavy atom. The molecular formula is C48H80O18. The zero-order valence-corrected chi connectivity index (χ0v) is 39.8. The topological polar surface area (TPSA) is 295 Å². The van der Waals surface area contributed by atoms with Crippen molar-refractivity contribution in [3.05, 3.63) is 0 Å². The Kier molecular flexibility index (Phi) is 14.2. The maximum Gasteiger partial charge on any atom is 0.187 e. The molecular weight excluding hydrogens is 865 g/mol. The van der Waals surface area contributed by atoms with Crippen molar-refractivity contribution in [3.8, 4) is 0 Å². The second kappa shape index (κ2) is 18.2. The molecule has 3 heterocycles. The molecule has 0 aromatic heterocycles. The highest BCUT2D eigenvalue weighted by Crippen LogP contribution is 2.89. The first-order chi connectivity index (χ1) is 30.9. The van der Waals surface area contributed by atoms with Crippen LogP contribution in [-0.4, -0.2) is 186 Å². The van der Waals surface area contributed by atoms with Crippen molar-refractivity contribution < 1.29 is 89.4 Å². The number of Topliss-reactive ketones (excluding diaryl/α,β-unsaturated/α-hetero) is 1. The number of aliphatic hydroxyl groups excluding tert-OH is 11. The molecule has 3 saturated heterocycles. The average molecular weight is 945 g/mol. The van der Waals surface area contributed by atoms with E-state index in [0.29, 0.717) is 32.1 Å². The zero-order chi connectivity index (χ0) is 48.4. The minimum Gasteiger partial charge on any atom is -0.394 e. The second-order valence-electron chi connectivity index (χ2n) is 23.3. The number of carbonyl (C=O) groups is 1. The van der Waals surface area contributed by atoms with Gasteiger partial charge in [-0.1, -0.05) is 48.5 Å². The van der Waals surface area contributed by atoms with Crippen LogP contribution in [0.5, 0.6) is 0 Å². The van der Waals surface area contributed by atoms with Crippen LogP contribution in [0.4, 0.5) is 0 Å². The maximum absolute atomic E-state index is 12.7. The fraction of sp³-hybridized carbons (Fsp3) is 0.979. The minimum absolute atomic E-state index is 0.0450. The molecule has 66 heavy (non-hydrogen) atoms. The lowest BCUT2D eigenvalue weighted by molar-refractivity contribution is -0.388. The first-order valence-corrected chi connectivity index (χ1v) is 24.7. The summed E-state index contributed by atoms with van der Waals surface area (Å²) < 4.78 is 36.4. The van der Waals surface area contributed by atoms with Gasteiger partial charge in [-0.25, -0.2) is 0 Å². The Hall–Kier alpha value is -1.01. The lowest BCUT2D eigenvalue weighted by Gasteiger charge is -2.64. The quantitative estimate of drug-likeness (QED) is 0.107. The Labute approximate surface area is 387 Å². The van der Waals surface area contributed by atoms with E-state index in [-0.39, 0.29) is 51.6 Å². The lowest BCUT2D eigenvalue weighted by Crippen LogP contribution is -2.66. The summed E-state index contributed by atoms with van der Waals surface area (Å²) in [4.78, 5) is 12.7. The van der Waals surface area contributed by atoms with Crippen LogP contribution in [0.25, 0.3) is 0 Å². The van der Waals surface area contributed by atoms with Gasteiger partial charge in [-0.05, 0) is 104 Å². The number of ketones is 1. The van der Waals surface area contributed by atoms with Gasteiger partial charge in [0.05, 0.1) is 37.6 Å². The van der Waals surface area contributed by atoms with Crippen molar-refractivity contribution in [1.29, 1.82) is 0 Å². The molecule has 18 heteroatoms. The van der Waals surface area contributed by atoms with E-state index in [0.717, 1.165) is 25.7 Å². The summed E-state index contributed by atoms with van der Waals surface area (Å²) in [5.41, 5.74) is -1.55. The molecule has 5 saturated carbocycles. The molecule has 0 aromatic carbocycles. The molecule has 0 amide bonds. The highest BCUT2D eigenvalue weighted by molar-refractivity contribution is 5.80. The number of aliphatic hydroxyl groups is 11. The van der Waals surface area contributed by atoms with Gasteiger partial charge in [0.2, 0.25) is 0 Å². The average Bonchev–Trinajstić information content (AvgIpc) is 3.86. The SMILES string of the molecule is CC(C)C(=O)CC[C@@H](C)[C@H]1[C@@H](O)C[C@@]2(C)[C@@H]3CC[C@H]4C(C)(C)[C@@H](O[C@@H]5O[C@H](CO)[C@@H](O)[C@H](O)[C@H]5O[C@@H]5O[C@@H](C)[C@H](O)[C@@H](O[C@@H]6O[C@H](CO)[C@@H](O)[C@H](O)[C@H]6O)[C@H]5O)CC[C@@]45C[C@@]35CC(O)[C@]12C. The molecule has 0 radical (unpaired) electrons. The molecule has 0 bridgehead atoms. The molecule has 8 fully saturated rings.